The average Bonchev–Trinajstić information content (AvgIpc) is 2.71. The van der Waals surface area contributed by atoms with Crippen molar-refractivity contribution < 1.29 is 15.0 Å². The Kier molecular flexibility index (Phi) is 4.99. The first-order chi connectivity index (χ1) is 15.1. The van der Waals surface area contributed by atoms with Gasteiger partial charge in [0.05, 0.1) is 11.5 Å². The summed E-state index contributed by atoms with van der Waals surface area (Å²) >= 11 is 0. The van der Waals surface area contributed by atoms with E-state index >= 15 is 0 Å². The highest BCUT2D eigenvalue weighted by Crippen LogP contribution is 2.75. The Labute approximate surface area is 201 Å². The standard InChI is InChI=1S/C30H48O3/c1-25(2)14-15-27(5)16-17-30(24(32)33)19(20(27)18-25)8-9-22-28(6)12-11-23(31)26(3,4)21(28)10-13-29(22,30)7/h8,20-23,31H,9-18H2,1-7H3,(H,32,33)/t20-,21-,22-,23+,27+,28-,29+,30+/m0/s1. The monoisotopic (exact) mass is 456 g/mol. The Hall–Kier alpha value is -0.830. The molecule has 2 N–H and O–H groups in total. The van der Waals surface area contributed by atoms with Crippen molar-refractivity contribution in [3.63, 3.8) is 0 Å². The predicted molar refractivity (Wildman–Crippen MR) is 133 cm³/mol. The summed E-state index contributed by atoms with van der Waals surface area (Å²) in [6.07, 6.45) is 12.6. The van der Waals surface area contributed by atoms with Gasteiger partial charge in [0, 0.05) is 0 Å². The van der Waals surface area contributed by atoms with Crippen LogP contribution in [0.2, 0.25) is 0 Å². The molecule has 5 aliphatic rings. The minimum Gasteiger partial charge on any atom is -0.481 e. The van der Waals surface area contributed by atoms with Gasteiger partial charge < -0.3 is 10.2 Å². The zero-order valence-electron chi connectivity index (χ0n) is 22.3. The number of aliphatic hydroxyl groups is 1. The van der Waals surface area contributed by atoms with Crippen LogP contribution in [0.15, 0.2) is 11.6 Å². The smallest absolute Gasteiger partial charge is 0.314 e. The Morgan fingerprint density at radius 1 is 0.879 bits per heavy atom. The number of hydrogen-bond acceptors (Lipinski definition) is 2. The van der Waals surface area contributed by atoms with E-state index in [-0.39, 0.29) is 33.2 Å². The van der Waals surface area contributed by atoms with Crippen LogP contribution >= 0.6 is 0 Å². The minimum absolute atomic E-state index is 0.0901. The number of aliphatic hydroxyl groups excluding tert-OH is 1. The van der Waals surface area contributed by atoms with Gasteiger partial charge in [0.15, 0.2) is 0 Å². The number of rotatable bonds is 1. The van der Waals surface area contributed by atoms with Crippen molar-refractivity contribution in [3.8, 4) is 0 Å². The summed E-state index contributed by atoms with van der Waals surface area (Å²) < 4.78 is 0. The summed E-state index contributed by atoms with van der Waals surface area (Å²) in [4.78, 5) is 13.5. The van der Waals surface area contributed by atoms with Gasteiger partial charge in [-0.3, -0.25) is 4.79 Å². The third-order valence-electron chi connectivity index (χ3n) is 12.9. The lowest BCUT2D eigenvalue weighted by molar-refractivity contribution is -0.213. The molecule has 0 aromatic heterocycles. The molecule has 0 unspecified atom stereocenters. The molecule has 0 aromatic rings. The maximum absolute atomic E-state index is 13.5. The van der Waals surface area contributed by atoms with Crippen LogP contribution in [0.4, 0.5) is 0 Å². The topological polar surface area (TPSA) is 57.5 Å². The van der Waals surface area contributed by atoms with E-state index < -0.39 is 11.4 Å². The molecule has 0 amide bonds. The van der Waals surface area contributed by atoms with Crippen molar-refractivity contribution in [1.82, 2.24) is 0 Å². The molecule has 4 saturated carbocycles. The molecular formula is C30H48O3. The van der Waals surface area contributed by atoms with Crippen molar-refractivity contribution in [1.29, 1.82) is 0 Å². The van der Waals surface area contributed by atoms with Crippen molar-refractivity contribution in [2.24, 2.45) is 50.2 Å². The third kappa shape index (κ3) is 2.87. The second kappa shape index (κ2) is 6.89. The maximum Gasteiger partial charge on any atom is 0.314 e. The quantitative estimate of drug-likeness (QED) is 0.409. The molecule has 3 nitrogen and oxygen atoms in total. The summed E-state index contributed by atoms with van der Waals surface area (Å²) in [5.41, 5.74) is 0.906. The van der Waals surface area contributed by atoms with Crippen molar-refractivity contribution in [2.75, 3.05) is 0 Å². The van der Waals surface area contributed by atoms with E-state index in [1.165, 1.54) is 18.4 Å². The minimum atomic E-state index is -0.721. The molecule has 8 atom stereocenters. The first-order valence-corrected chi connectivity index (χ1v) is 13.8. The highest BCUT2D eigenvalue weighted by atomic mass is 16.4. The fourth-order valence-electron chi connectivity index (χ4n) is 10.6. The fraction of sp³-hybridized carbons (Fsp3) is 0.900. The van der Waals surface area contributed by atoms with E-state index in [0.717, 1.165) is 51.4 Å². The van der Waals surface area contributed by atoms with Crippen molar-refractivity contribution in [3.05, 3.63) is 11.6 Å². The van der Waals surface area contributed by atoms with Gasteiger partial charge >= 0.3 is 5.97 Å². The molecule has 4 fully saturated rings. The molecule has 0 bridgehead atoms. The Bertz CT molecular complexity index is 885. The van der Waals surface area contributed by atoms with Crippen LogP contribution in [0, 0.1) is 50.2 Å². The van der Waals surface area contributed by atoms with E-state index in [2.05, 4.69) is 54.5 Å². The summed E-state index contributed by atoms with van der Waals surface area (Å²) in [7, 11) is 0. The Balaban J connectivity index is 1.64. The lowest BCUT2D eigenvalue weighted by Gasteiger charge is -2.70. The molecular weight excluding hydrogens is 408 g/mol. The molecule has 186 valence electrons. The van der Waals surface area contributed by atoms with E-state index in [9.17, 15) is 15.0 Å². The van der Waals surface area contributed by atoms with Gasteiger partial charge in [0.25, 0.3) is 0 Å². The molecule has 0 aromatic carbocycles. The van der Waals surface area contributed by atoms with Crippen LogP contribution in [0.1, 0.15) is 113 Å². The summed E-state index contributed by atoms with van der Waals surface area (Å²) in [5.74, 6) is 0.675. The predicted octanol–water partition coefficient (Wildman–Crippen LogP) is 7.23. The van der Waals surface area contributed by atoms with E-state index in [0.29, 0.717) is 17.8 Å². The lowest BCUT2D eigenvalue weighted by atomic mass is 9.33. The highest BCUT2D eigenvalue weighted by molar-refractivity contribution is 5.81. The van der Waals surface area contributed by atoms with Gasteiger partial charge in [0.2, 0.25) is 0 Å². The van der Waals surface area contributed by atoms with Gasteiger partial charge in [-0.25, -0.2) is 0 Å². The van der Waals surface area contributed by atoms with Crippen molar-refractivity contribution >= 4 is 5.97 Å². The number of hydrogen-bond donors (Lipinski definition) is 2. The normalized spacial score (nSPS) is 52.4. The molecule has 0 spiro atoms. The number of carbonyl (C=O) groups is 1. The van der Waals surface area contributed by atoms with Crippen molar-refractivity contribution in [2.45, 2.75) is 119 Å². The Morgan fingerprint density at radius 3 is 2.21 bits per heavy atom. The molecule has 0 heterocycles. The molecule has 0 aliphatic heterocycles. The van der Waals surface area contributed by atoms with Crippen LogP contribution in [0.25, 0.3) is 0 Å². The third-order valence-corrected chi connectivity index (χ3v) is 12.9. The maximum atomic E-state index is 13.5. The molecule has 0 radical (unpaired) electrons. The van der Waals surface area contributed by atoms with Crippen LogP contribution in [0.3, 0.4) is 0 Å². The molecule has 5 aliphatic carbocycles. The largest absolute Gasteiger partial charge is 0.481 e. The average molecular weight is 457 g/mol. The fourth-order valence-corrected chi connectivity index (χ4v) is 10.6. The first kappa shape index (κ1) is 23.9. The highest BCUT2D eigenvalue weighted by Gasteiger charge is 2.71. The lowest BCUT2D eigenvalue weighted by Crippen LogP contribution is -2.66. The first-order valence-electron chi connectivity index (χ1n) is 13.8. The van der Waals surface area contributed by atoms with Gasteiger partial charge in [0.1, 0.15) is 0 Å². The summed E-state index contributed by atoms with van der Waals surface area (Å²) in [6, 6.07) is 0. The molecule has 5 rings (SSSR count). The number of carboxylic acids is 1. The van der Waals surface area contributed by atoms with E-state index in [1.54, 1.807) is 0 Å². The second-order valence-corrected chi connectivity index (χ2v) is 15.1. The number of fused-ring (bicyclic) bond motifs is 7. The SMILES string of the molecule is CC1(C)CC[C@]2(C)CC[C@]3(C(=O)O)C(=CC[C@H]4[C@@]5(C)CC[C@@H](O)C(C)(C)[C@@H]5CC[C@]43C)[C@@H]2C1. The molecule has 33 heavy (non-hydrogen) atoms. The van der Waals surface area contributed by atoms with Crippen LogP contribution < -0.4 is 0 Å². The number of aliphatic carboxylic acids is 1. The number of allylic oxidation sites excluding steroid dienone is 1. The second-order valence-electron chi connectivity index (χ2n) is 15.1. The van der Waals surface area contributed by atoms with E-state index in [1.807, 2.05) is 0 Å². The number of carboxylic acid groups (broad SMARTS) is 1. The Morgan fingerprint density at radius 2 is 1.55 bits per heavy atom. The van der Waals surface area contributed by atoms with Crippen LogP contribution in [-0.2, 0) is 4.79 Å². The van der Waals surface area contributed by atoms with Gasteiger partial charge in [-0.05, 0) is 109 Å². The van der Waals surface area contributed by atoms with Crippen LogP contribution in [0.5, 0.6) is 0 Å². The van der Waals surface area contributed by atoms with Gasteiger partial charge in [-0.15, -0.1) is 0 Å². The summed E-state index contributed by atoms with van der Waals surface area (Å²) in [5, 5.41) is 22.0. The van der Waals surface area contributed by atoms with E-state index in [4.69, 9.17) is 0 Å². The van der Waals surface area contributed by atoms with Gasteiger partial charge in [-0.2, -0.15) is 0 Å². The molecule has 3 heteroatoms. The van der Waals surface area contributed by atoms with Gasteiger partial charge in [-0.1, -0.05) is 60.1 Å². The van der Waals surface area contributed by atoms with Crippen LogP contribution in [-0.4, -0.2) is 22.3 Å². The summed E-state index contributed by atoms with van der Waals surface area (Å²) in [6.45, 7) is 16.6. The zero-order chi connectivity index (χ0) is 24.2. The zero-order valence-corrected chi connectivity index (χ0v) is 22.3. The molecule has 0 saturated heterocycles.